The molecule has 0 aliphatic carbocycles. The summed E-state index contributed by atoms with van der Waals surface area (Å²) in [4.78, 5) is 0. The zero-order valence-electron chi connectivity index (χ0n) is 4.59. The van der Waals surface area contributed by atoms with Crippen LogP contribution in [0.5, 0.6) is 0 Å². The van der Waals surface area contributed by atoms with E-state index in [1.807, 2.05) is 0 Å². The lowest BCUT2D eigenvalue weighted by atomic mass is 10.4. The lowest BCUT2D eigenvalue weighted by Gasteiger charge is -1.92. The van der Waals surface area contributed by atoms with Gasteiger partial charge in [0, 0.05) is 5.30 Å². The molecule has 1 aromatic rings. The van der Waals surface area contributed by atoms with Gasteiger partial charge in [0.25, 0.3) is 8.54 Å². The molecular weight excluding hydrogens is 141 g/mol. The summed E-state index contributed by atoms with van der Waals surface area (Å²) in [7, 11) is -2.90. The Balaban J connectivity index is 2.85. The Bertz CT molecular complexity index is 174. The molecule has 1 aromatic carbocycles. The van der Waals surface area contributed by atoms with Gasteiger partial charge in [0.1, 0.15) is 0 Å². The topological polar surface area (TPSA) is 0 Å². The summed E-state index contributed by atoms with van der Waals surface area (Å²) < 4.78 is 23.7. The second-order valence-corrected chi connectivity index (χ2v) is 2.55. The van der Waals surface area contributed by atoms with E-state index in [2.05, 4.69) is 0 Å². The van der Waals surface area contributed by atoms with Gasteiger partial charge in [-0.05, 0) is 12.1 Å². The van der Waals surface area contributed by atoms with Gasteiger partial charge in [-0.3, -0.25) is 0 Å². The molecule has 0 aliphatic rings. The largest absolute Gasteiger partial charge is 0.298 e. The van der Waals surface area contributed by atoms with Crippen molar-refractivity contribution in [2.45, 2.75) is 0 Å². The monoisotopic (exact) mass is 146 g/mol. The van der Waals surface area contributed by atoms with E-state index >= 15 is 0 Å². The van der Waals surface area contributed by atoms with Gasteiger partial charge in [0.15, 0.2) is 0 Å². The minimum atomic E-state index is -2.90. The van der Waals surface area contributed by atoms with Crippen molar-refractivity contribution >= 4 is 13.8 Å². The molecule has 0 unspecified atom stereocenters. The van der Waals surface area contributed by atoms with Gasteiger partial charge in [-0.2, -0.15) is 8.39 Å². The summed E-state index contributed by atoms with van der Waals surface area (Å²) >= 11 is 0. The Labute approximate surface area is 53.5 Å². The first-order valence-corrected chi connectivity index (χ1v) is 3.60. The first-order valence-electron chi connectivity index (χ1n) is 2.47. The molecule has 0 atom stereocenters. The van der Waals surface area contributed by atoms with E-state index in [1.54, 1.807) is 18.2 Å². The molecule has 0 heterocycles. The molecule has 0 saturated heterocycles. The molecule has 0 fully saturated rings. The summed E-state index contributed by atoms with van der Waals surface area (Å²) in [5, 5.41) is 0.146. The van der Waals surface area contributed by atoms with Crippen LogP contribution in [0.3, 0.4) is 0 Å². The molecule has 9 heavy (non-hydrogen) atoms. The summed E-state index contributed by atoms with van der Waals surface area (Å²) in [6, 6.07) is 7.83. The molecule has 0 aromatic heterocycles. The lowest BCUT2D eigenvalue weighted by Crippen LogP contribution is -1.90. The van der Waals surface area contributed by atoms with Crippen LogP contribution in [0.25, 0.3) is 0 Å². The second kappa shape index (κ2) is 2.88. The van der Waals surface area contributed by atoms with Crippen LogP contribution in [-0.2, 0) is 0 Å². The molecule has 0 radical (unpaired) electrons. The zero-order valence-corrected chi connectivity index (χ0v) is 5.48. The molecule has 48 valence electrons. The van der Waals surface area contributed by atoms with Crippen molar-refractivity contribution in [3.63, 3.8) is 0 Å². The fourth-order valence-electron chi connectivity index (χ4n) is 0.541. The fourth-order valence-corrected chi connectivity index (χ4v) is 0.938. The van der Waals surface area contributed by atoms with Crippen LogP contribution >= 0.6 is 8.54 Å². The van der Waals surface area contributed by atoms with E-state index in [-0.39, 0.29) is 5.30 Å². The highest BCUT2D eigenvalue weighted by molar-refractivity contribution is 7.55. The molecule has 3 heteroatoms. The van der Waals surface area contributed by atoms with Crippen molar-refractivity contribution < 1.29 is 8.39 Å². The van der Waals surface area contributed by atoms with Gasteiger partial charge in [-0.1, -0.05) is 18.2 Å². The molecule has 0 nitrogen and oxygen atoms in total. The van der Waals surface area contributed by atoms with Gasteiger partial charge in [-0.25, -0.2) is 0 Å². The van der Waals surface area contributed by atoms with E-state index in [9.17, 15) is 8.39 Å². The maximum Gasteiger partial charge on any atom is 0.298 e. The number of hydrogen-bond donors (Lipinski definition) is 0. The first kappa shape index (κ1) is 6.63. The predicted molar refractivity (Wildman–Crippen MR) is 35.2 cm³/mol. The van der Waals surface area contributed by atoms with Crippen LogP contribution in [0, 0.1) is 0 Å². The zero-order chi connectivity index (χ0) is 6.69. The Morgan fingerprint density at radius 3 is 1.89 bits per heavy atom. The highest BCUT2D eigenvalue weighted by atomic mass is 31.2. The highest BCUT2D eigenvalue weighted by Gasteiger charge is 2.04. The summed E-state index contributed by atoms with van der Waals surface area (Å²) in [5.74, 6) is 0. The quantitative estimate of drug-likeness (QED) is 0.534. The normalized spacial score (nSPS) is 10.1. The number of rotatable bonds is 1. The summed E-state index contributed by atoms with van der Waals surface area (Å²) in [6.07, 6.45) is 0. The van der Waals surface area contributed by atoms with Crippen molar-refractivity contribution in [3.8, 4) is 0 Å². The molecular formula is C6H5F2P. The van der Waals surface area contributed by atoms with Crippen molar-refractivity contribution in [1.82, 2.24) is 0 Å². The van der Waals surface area contributed by atoms with Crippen molar-refractivity contribution in [2.24, 2.45) is 0 Å². The standard InChI is InChI=1S/C6H5F2P/c7-9(8)6-4-2-1-3-5-6/h1-5H. The summed E-state index contributed by atoms with van der Waals surface area (Å²) in [6.45, 7) is 0. The molecule has 0 N–H and O–H groups in total. The fraction of sp³-hybridized carbons (Fsp3) is 0. The molecule has 0 bridgehead atoms. The third-order valence-electron chi connectivity index (χ3n) is 0.951. The van der Waals surface area contributed by atoms with Crippen LogP contribution in [0.2, 0.25) is 0 Å². The number of benzene rings is 1. The van der Waals surface area contributed by atoms with Crippen molar-refractivity contribution in [1.29, 1.82) is 0 Å². The Hall–Kier alpha value is -0.490. The van der Waals surface area contributed by atoms with Crippen LogP contribution in [0.15, 0.2) is 30.3 Å². The van der Waals surface area contributed by atoms with E-state index in [1.165, 1.54) is 12.1 Å². The lowest BCUT2D eigenvalue weighted by molar-refractivity contribution is 0.763. The van der Waals surface area contributed by atoms with Gasteiger partial charge < -0.3 is 0 Å². The van der Waals surface area contributed by atoms with E-state index in [0.29, 0.717) is 0 Å². The number of halogens is 2. The van der Waals surface area contributed by atoms with E-state index < -0.39 is 8.54 Å². The third-order valence-corrected chi connectivity index (χ3v) is 1.64. The number of hydrogen-bond acceptors (Lipinski definition) is 0. The minimum Gasteiger partial charge on any atom is -0.183 e. The molecule has 0 amide bonds. The average Bonchev–Trinajstić information content (AvgIpc) is 1.90. The predicted octanol–water partition coefficient (Wildman–Crippen LogP) is 2.56. The SMILES string of the molecule is FP(F)c1ccccc1. The van der Waals surface area contributed by atoms with Gasteiger partial charge in [0.2, 0.25) is 0 Å². The molecule has 0 saturated carbocycles. The van der Waals surface area contributed by atoms with Crippen molar-refractivity contribution in [2.75, 3.05) is 0 Å². The Morgan fingerprint density at radius 1 is 1.00 bits per heavy atom. The molecule has 0 aliphatic heterocycles. The van der Waals surface area contributed by atoms with Gasteiger partial charge in [0.05, 0.1) is 0 Å². The van der Waals surface area contributed by atoms with Crippen LogP contribution in [0.1, 0.15) is 0 Å². The maximum atomic E-state index is 11.8. The minimum absolute atomic E-state index is 0.146. The van der Waals surface area contributed by atoms with Gasteiger partial charge >= 0.3 is 0 Å². The van der Waals surface area contributed by atoms with Crippen LogP contribution in [-0.4, -0.2) is 0 Å². The molecule has 1 rings (SSSR count). The average molecular weight is 146 g/mol. The Kier molecular flexibility index (Phi) is 2.12. The Morgan fingerprint density at radius 2 is 1.56 bits per heavy atom. The third kappa shape index (κ3) is 1.72. The van der Waals surface area contributed by atoms with E-state index in [4.69, 9.17) is 0 Å². The van der Waals surface area contributed by atoms with Crippen LogP contribution < -0.4 is 5.30 Å². The van der Waals surface area contributed by atoms with Gasteiger partial charge in [-0.15, -0.1) is 0 Å². The molecule has 0 spiro atoms. The maximum absolute atomic E-state index is 11.8. The first-order chi connectivity index (χ1) is 4.30. The van der Waals surface area contributed by atoms with Crippen molar-refractivity contribution in [3.05, 3.63) is 30.3 Å². The summed E-state index contributed by atoms with van der Waals surface area (Å²) in [5.41, 5.74) is 0. The van der Waals surface area contributed by atoms with Crippen LogP contribution in [0.4, 0.5) is 8.39 Å². The highest BCUT2D eigenvalue weighted by Crippen LogP contribution is 2.36. The second-order valence-electron chi connectivity index (χ2n) is 1.57. The smallest absolute Gasteiger partial charge is 0.183 e. The van der Waals surface area contributed by atoms with E-state index in [0.717, 1.165) is 0 Å².